The number of hydrogen-bond acceptors (Lipinski definition) is 2. The normalized spacial score (nSPS) is 24.6. The Morgan fingerprint density at radius 1 is 1.45 bits per heavy atom. The van der Waals surface area contributed by atoms with Gasteiger partial charge in [-0.2, -0.15) is 0 Å². The highest BCUT2D eigenvalue weighted by Crippen LogP contribution is 2.29. The predicted octanol–water partition coefficient (Wildman–Crippen LogP) is 2.22. The van der Waals surface area contributed by atoms with E-state index < -0.39 is 24.9 Å². The third-order valence-corrected chi connectivity index (χ3v) is 4.28. The smallest absolute Gasteiger partial charge is 0.262 e. The monoisotopic (exact) mass is 300 g/mol. The van der Waals surface area contributed by atoms with Crippen molar-refractivity contribution in [2.75, 3.05) is 13.1 Å². The molecule has 0 spiro atoms. The van der Waals surface area contributed by atoms with Crippen molar-refractivity contribution < 1.29 is 13.6 Å². The van der Waals surface area contributed by atoms with Crippen LogP contribution in [0.15, 0.2) is 18.2 Å². The molecule has 0 bridgehead atoms. The van der Waals surface area contributed by atoms with Gasteiger partial charge in [-0.05, 0) is 23.6 Å². The van der Waals surface area contributed by atoms with E-state index in [1.807, 2.05) is 18.2 Å². The number of amides is 1. The van der Waals surface area contributed by atoms with Crippen molar-refractivity contribution in [1.82, 2.24) is 10.2 Å². The Morgan fingerprint density at radius 3 is 2.95 bits per heavy atom. The molecule has 1 aromatic rings. The molecule has 1 amide bonds. The Kier molecular flexibility index (Phi) is 3.42. The van der Waals surface area contributed by atoms with Crippen molar-refractivity contribution in [2.45, 2.75) is 31.4 Å². The molecule has 1 N–H and O–H groups in total. The summed E-state index contributed by atoms with van der Waals surface area (Å²) < 4.78 is 26.3. The summed E-state index contributed by atoms with van der Waals surface area (Å²) in [5, 5.41) is 3.32. The number of carbonyl (C=O) groups is 1. The molecular formula is C14H15ClF2N2O. The van der Waals surface area contributed by atoms with Gasteiger partial charge in [-0.25, -0.2) is 8.78 Å². The van der Waals surface area contributed by atoms with Gasteiger partial charge in [0.2, 0.25) is 5.91 Å². The van der Waals surface area contributed by atoms with Gasteiger partial charge in [0, 0.05) is 24.5 Å². The second-order valence-electron chi connectivity index (χ2n) is 5.38. The first-order valence-electron chi connectivity index (χ1n) is 6.62. The van der Waals surface area contributed by atoms with Crippen LogP contribution in [0, 0.1) is 0 Å². The van der Waals surface area contributed by atoms with Gasteiger partial charge < -0.3 is 4.90 Å². The zero-order valence-corrected chi connectivity index (χ0v) is 11.6. The topological polar surface area (TPSA) is 32.3 Å². The molecule has 6 heteroatoms. The van der Waals surface area contributed by atoms with E-state index in [4.69, 9.17) is 11.6 Å². The Balaban J connectivity index is 1.73. The highest BCUT2D eigenvalue weighted by molar-refractivity contribution is 6.31. The number of nitrogens with one attached hydrogen (secondary N) is 1. The summed E-state index contributed by atoms with van der Waals surface area (Å²) >= 11 is 6.12. The van der Waals surface area contributed by atoms with Gasteiger partial charge >= 0.3 is 0 Å². The van der Waals surface area contributed by atoms with Crippen molar-refractivity contribution in [3.8, 4) is 0 Å². The molecule has 0 saturated carbocycles. The molecule has 0 aromatic heterocycles. The van der Waals surface area contributed by atoms with Gasteiger partial charge in [0.15, 0.2) is 0 Å². The number of fused-ring (bicyclic) bond motifs is 1. The first kappa shape index (κ1) is 13.8. The van der Waals surface area contributed by atoms with E-state index in [0.717, 1.165) is 11.1 Å². The van der Waals surface area contributed by atoms with E-state index in [0.29, 0.717) is 24.5 Å². The lowest BCUT2D eigenvalue weighted by Gasteiger charge is -2.31. The Morgan fingerprint density at radius 2 is 2.25 bits per heavy atom. The maximum atomic E-state index is 13.2. The number of benzene rings is 1. The van der Waals surface area contributed by atoms with Crippen LogP contribution in [0.5, 0.6) is 0 Å². The molecule has 1 saturated heterocycles. The Bertz CT molecular complexity index is 550. The Hall–Kier alpha value is -1.20. The number of halogens is 3. The van der Waals surface area contributed by atoms with Crippen LogP contribution in [0.2, 0.25) is 5.02 Å². The molecule has 1 atom stereocenters. The summed E-state index contributed by atoms with van der Waals surface area (Å²) in [4.78, 5) is 13.9. The van der Waals surface area contributed by atoms with E-state index in [1.54, 1.807) is 4.90 Å². The molecule has 0 radical (unpaired) electrons. The summed E-state index contributed by atoms with van der Waals surface area (Å²) in [6.45, 7) is 0.553. The summed E-state index contributed by atoms with van der Waals surface area (Å²) in [6.07, 6.45) is 0.259. The maximum Gasteiger partial charge on any atom is 0.262 e. The standard InChI is InChI=1S/C14H15ClF2N2O/c15-11-3-1-2-9-7-19(5-4-10(9)11)13(20)12-6-14(16,17)8-18-12/h1-3,12,18H,4-8H2. The minimum atomic E-state index is -2.78. The zero-order valence-electron chi connectivity index (χ0n) is 10.8. The molecule has 2 aliphatic heterocycles. The molecule has 3 nitrogen and oxygen atoms in total. The van der Waals surface area contributed by atoms with Crippen LogP contribution in [-0.2, 0) is 17.8 Å². The minimum absolute atomic E-state index is 0.243. The van der Waals surface area contributed by atoms with Crippen molar-refractivity contribution in [1.29, 1.82) is 0 Å². The van der Waals surface area contributed by atoms with Gasteiger partial charge in [0.05, 0.1) is 12.6 Å². The van der Waals surface area contributed by atoms with E-state index >= 15 is 0 Å². The summed E-state index contributed by atoms with van der Waals surface area (Å²) in [7, 11) is 0. The van der Waals surface area contributed by atoms with Crippen molar-refractivity contribution in [2.24, 2.45) is 0 Å². The highest BCUT2D eigenvalue weighted by Gasteiger charge is 2.43. The molecule has 108 valence electrons. The van der Waals surface area contributed by atoms with Crippen LogP contribution < -0.4 is 5.32 Å². The quantitative estimate of drug-likeness (QED) is 0.862. The van der Waals surface area contributed by atoms with Crippen molar-refractivity contribution >= 4 is 17.5 Å². The van der Waals surface area contributed by atoms with Crippen LogP contribution in [0.1, 0.15) is 17.5 Å². The van der Waals surface area contributed by atoms with E-state index in [1.165, 1.54) is 0 Å². The molecule has 1 aromatic carbocycles. The maximum absolute atomic E-state index is 13.2. The number of rotatable bonds is 1. The lowest BCUT2D eigenvalue weighted by atomic mass is 9.99. The second kappa shape index (κ2) is 4.97. The molecule has 20 heavy (non-hydrogen) atoms. The van der Waals surface area contributed by atoms with Crippen LogP contribution in [0.3, 0.4) is 0 Å². The second-order valence-corrected chi connectivity index (χ2v) is 5.79. The fourth-order valence-electron chi connectivity index (χ4n) is 2.86. The largest absolute Gasteiger partial charge is 0.337 e. The molecule has 3 rings (SSSR count). The van der Waals surface area contributed by atoms with Gasteiger partial charge in [-0.1, -0.05) is 23.7 Å². The third-order valence-electron chi connectivity index (χ3n) is 3.93. The molecular weight excluding hydrogens is 286 g/mol. The number of nitrogens with zero attached hydrogens (tertiary/aromatic N) is 1. The van der Waals surface area contributed by atoms with Crippen LogP contribution in [0.25, 0.3) is 0 Å². The average molecular weight is 301 g/mol. The number of alkyl halides is 2. The van der Waals surface area contributed by atoms with E-state index in [9.17, 15) is 13.6 Å². The summed E-state index contributed by atoms with van der Waals surface area (Å²) in [5.74, 6) is -3.02. The van der Waals surface area contributed by atoms with Crippen LogP contribution in [0.4, 0.5) is 8.78 Å². The van der Waals surface area contributed by atoms with Crippen molar-refractivity contribution in [3.05, 3.63) is 34.3 Å². The lowest BCUT2D eigenvalue weighted by molar-refractivity contribution is -0.134. The summed E-state index contributed by atoms with van der Waals surface area (Å²) in [5.41, 5.74) is 2.06. The van der Waals surface area contributed by atoms with Gasteiger partial charge in [-0.15, -0.1) is 0 Å². The lowest BCUT2D eigenvalue weighted by Crippen LogP contribution is -2.45. The Labute approximate surface area is 120 Å². The molecule has 1 unspecified atom stereocenters. The molecule has 2 heterocycles. The zero-order chi connectivity index (χ0) is 14.3. The molecule has 1 fully saturated rings. The summed E-state index contributed by atoms with van der Waals surface area (Å²) in [6, 6.07) is 4.83. The SMILES string of the molecule is O=C(C1CC(F)(F)CN1)N1CCc2c(Cl)cccc2C1. The predicted molar refractivity (Wildman–Crippen MR) is 71.9 cm³/mol. The minimum Gasteiger partial charge on any atom is -0.337 e. The van der Waals surface area contributed by atoms with Crippen molar-refractivity contribution in [3.63, 3.8) is 0 Å². The molecule has 0 aliphatic carbocycles. The van der Waals surface area contributed by atoms with E-state index in [-0.39, 0.29) is 5.91 Å². The fraction of sp³-hybridized carbons (Fsp3) is 0.500. The highest BCUT2D eigenvalue weighted by atomic mass is 35.5. The van der Waals surface area contributed by atoms with Gasteiger partial charge in [0.25, 0.3) is 5.92 Å². The first-order valence-corrected chi connectivity index (χ1v) is 7.00. The fourth-order valence-corrected chi connectivity index (χ4v) is 3.15. The average Bonchev–Trinajstić information content (AvgIpc) is 2.78. The van der Waals surface area contributed by atoms with Crippen LogP contribution >= 0.6 is 11.6 Å². The number of carbonyl (C=O) groups excluding carboxylic acids is 1. The van der Waals surface area contributed by atoms with Gasteiger partial charge in [-0.3, -0.25) is 10.1 Å². The van der Waals surface area contributed by atoms with Crippen LogP contribution in [-0.4, -0.2) is 35.9 Å². The molecule has 2 aliphatic rings. The van der Waals surface area contributed by atoms with E-state index in [2.05, 4.69) is 5.32 Å². The van der Waals surface area contributed by atoms with Gasteiger partial charge in [0.1, 0.15) is 0 Å². The number of hydrogen-bond donors (Lipinski definition) is 1. The third kappa shape index (κ3) is 2.52. The first-order chi connectivity index (χ1) is 9.46.